The summed E-state index contributed by atoms with van der Waals surface area (Å²) in [5.74, 6) is -0.292. The van der Waals surface area contributed by atoms with Crippen molar-refractivity contribution in [2.75, 3.05) is 44.7 Å². The van der Waals surface area contributed by atoms with Crippen LogP contribution < -0.4 is 10.2 Å². The Kier molecular flexibility index (Phi) is 8.79. The minimum atomic E-state index is -3.94. The van der Waals surface area contributed by atoms with Gasteiger partial charge in [0.2, 0.25) is 21.9 Å². The number of likely N-dealkylation sites (N-methyl/N-ethyl adjacent to an activating group) is 1. The minimum absolute atomic E-state index is 0.0312. The molecule has 0 spiro atoms. The molecule has 0 saturated carbocycles. The average molecular weight is 632 g/mol. The second-order valence-corrected chi connectivity index (χ2v) is 12.9. The molecule has 3 heterocycles. The van der Waals surface area contributed by atoms with Crippen LogP contribution in [0.15, 0.2) is 64.0 Å². The molecule has 2 fully saturated rings. The SMILES string of the molecule is CN1CCCN(c2nc(CNC(=O)[C@@H]3CCCN3S(=O)(=O)c3ccc(F)cc3)cc(-c3ccc(Br)cc3)n2)CC1. The van der Waals surface area contributed by atoms with E-state index in [0.29, 0.717) is 24.5 Å². The number of rotatable bonds is 7. The third kappa shape index (κ3) is 6.51. The van der Waals surface area contributed by atoms with Gasteiger partial charge in [-0.15, -0.1) is 0 Å². The Morgan fingerprint density at radius 2 is 1.75 bits per heavy atom. The van der Waals surface area contributed by atoms with Gasteiger partial charge >= 0.3 is 0 Å². The zero-order valence-corrected chi connectivity index (χ0v) is 24.7. The summed E-state index contributed by atoms with van der Waals surface area (Å²) in [7, 11) is -1.84. The number of benzene rings is 2. The Morgan fingerprint density at radius 3 is 2.50 bits per heavy atom. The third-order valence-electron chi connectivity index (χ3n) is 7.28. The van der Waals surface area contributed by atoms with Crippen LogP contribution in [-0.2, 0) is 21.4 Å². The standard InChI is InChI=1S/C28H32BrFN6O3S/c1-34-13-3-14-35(17-16-34)28-32-23(18-25(33-28)20-5-7-21(29)8-6-20)19-31-27(37)26-4-2-15-36(26)40(38,39)24-11-9-22(30)10-12-24/h5-12,18,26H,2-4,13-17,19H2,1H3,(H,31,37)/t26-/m0/s1. The molecule has 9 nitrogen and oxygen atoms in total. The monoisotopic (exact) mass is 630 g/mol. The molecule has 1 aromatic heterocycles. The molecule has 2 aliphatic heterocycles. The molecule has 0 radical (unpaired) electrons. The van der Waals surface area contributed by atoms with E-state index < -0.39 is 21.9 Å². The fourth-order valence-electron chi connectivity index (χ4n) is 5.06. The first kappa shape index (κ1) is 28.6. The molecule has 1 atom stereocenters. The van der Waals surface area contributed by atoms with Crippen molar-refractivity contribution in [2.24, 2.45) is 0 Å². The van der Waals surface area contributed by atoms with E-state index >= 15 is 0 Å². The van der Waals surface area contributed by atoms with Gasteiger partial charge < -0.3 is 15.1 Å². The number of nitrogens with zero attached hydrogens (tertiary/aromatic N) is 5. The molecule has 3 aromatic rings. The van der Waals surface area contributed by atoms with Crippen LogP contribution in [0.3, 0.4) is 0 Å². The number of anilines is 1. The van der Waals surface area contributed by atoms with Crippen molar-refractivity contribution in [3.8, 4) is 11.3 Å². The van der Waals surface area contributed by atoms with Gasteiger partial charge in [0.25, 0.3) is 0 Å². The largest absolute Gasteiger partial charge is 0.349 e. The number of nitrogens with one attached hydrogen (secondary N) is 1. The summed E-state index contributed by atoms with van der Waals surface area (Å²) in [6, 6.07) is 13.5. The number of carbonyl (C=O) groups is 1. The van der Waals surface area contributed by atoms with Crippen molar-refractivity contribution in [1.29, 1.82) is 0 Å². The molecule has 1 N–H and O–H groups in total. The van der Waals surface area contributed by atoms with Gasteiger partial charge in [0.1, 0.15) is 11.9 Å². The topological polar surface area (TPSA) is 98.7 Å². The summed E-state index contributed by atoms with van der Waals surface area (Å²) in [6.45, 7) is 3.89. The minimum Gasteiger partial charge on any atom is -0.349 e. The van der Waals surface area contributed by atoms with Crippen molar-refractivity contribution < 1.29 is 17.6 Å². The summed E-state index contributed by atoms with van der Waals surface area (Å²) >= 11 is 3.48. The average Bonchev–Trinajstić information content (AvgIpc) is 3.35. The molecule has 0 bridgehead atoms. The smallest absolute Gasteiger partial charge is 0.243 e. The molecule has 1 amide bonds. The van der Waals surface area contributed by atoms with Crippen molar-refractivity contribution in [3.05, 3.63) is 70.6 Å². The molecular formula is C28H32BrFN6O3S. The van der Waals surface area contributed by atoms with E-state index in [1.807, 2.05) is 30.3 Å². The van der Waals surface area contributed by atoms with Gasteiger partial charge in [-0.2, -0.15) is 4.31 Å². The number of sulfonamides is 1. The number of hydrogen-bond acceptors (Lipinski definition) is 7. The first-order valence-electron chi connectivity index (χ1n) is 13.3. The van der Waals surface area contributed by atoms with E-state index in [9.17, 15) is 17.6 Å². The van der Waals surface area contributed by atoms with E-state index in [-0.39, 0.29) is 23.9 Å². The molecular weight excluding hydrogens is 599 g/mol. The predicted molar refractivity (Wildman–Crippen MR) is 155 cm³/mol. The van der Waals surface area contributed by atoms with Gasteiger partial charge in [-0.3, -0.25) is 4.79 Å². The highest BCUT2D eigenvalue weighted by atomic mass is 79.9. The van der Waals surface area contributed by atoms with E-state index in [2.05, 4.69) is 38.1 Å². The lowest BCUT2D eigenvalue weighted by atomic mass is 10.1. The maximum atomic E-state index is 13.4. The van der Waals surface area contributed by atoms with Crippen molar-refractivity contribution in [2.45, 2.75) is 36.7 Å². The molecule has 0 aliphatic carbocycles. The predicted octanol–water partition coefficient (Wildman–Crippen LogP) is 3.66. The quantitative estimate of drug-likeness (QED) is 0.425. The summed E-state index contributed by atoms with van der Waals surface area (Å²) in [4.78, 5) is 27.4. The lowest BCUT2D eigenvalue weighted by Gasteiger charge is -2.24. The molecule has 0 unspecified atom stereocenters. The highest BCUT2D eigenvalue weighted by Gasteiger charge is 2.39. The van der Waals surface area contributed by atoms with Crippen LogP contribution >= 0.6 is 15.9 Å². The van der Waals surface area contributed by atoms with Crippen LogP contribution in [0.1, 0.15) is 25.0 Å². The van der Waals surface area contributed by atoms with Crippen LogP contribution in [0.2, 0.25) is 0 Å². The normalized spacial score (nSPS) is 19.0. The third-order valence-corrected chi connectivity index (χ3v) is 9.73. The summed E-state index contributed by atoms with van der Waals surface area (Å²) in [5.41, 5.74) is 2.32. The highest BCUT2D eigenvalue weighted by molar-refractivity contribution is 9.10. The van der Waals surface area contributed by atoms with Crippen LogP contribution in [0.25, 0.3) is 11.3 Å². The van der Waals surface area contributed by atoms with Crippen LogP contribution in [0.4, 0.5) is 10.3 Å². The molecule has 2 aromatic carbocycles. The van der Waals surface area contributed by atoms with Crippen LogP contribution in [0, 0.1) is 5.82 Å². The van der Waals surface area contributed by atoms with Crippen molar-refractivity contribution in [3.63, 3.8) is 0 Å². The summed E-state index contributed by atoms with van der Waals surface area (Å²) < 4.78 is 42.0. The number of carbonyl (C=O) groups excluding carboxylic acids is 1. The van der Waals surface area contributed by atoms with Crippen molar-refractivity contribution in [1.82, 2.24) is 24.5 Å². The van der Waals surface area contributed by atoms with E-state index in [0.717, 1.165) is 60.5 Å². The molecule has 40 heavy (non-hydrogen) atoms. The second kappa shape index (κ2) is 12.3. The molecule has 212 valence electrons. The van der Waals surface area contributed by atoms with Gasteiger partial charge in [-0.05, 0) is 75.3 Å². The van der Waals surface area contributed by atoms with Gasteiger partial charge in [0, 0.05) is 36.2 Å². The zero-order chi connectivity index (χ0) is 28.3. The number of hydrogen-bond donors (Lipinski definition) is 1. The van der Waals surface area contributed by atoms with E-state index in [1.54, 1.807) is 0 Å². The lowest BCUT2D eigenvalue weighted by Crippen LogP contribution is -2.45. The highest BCUT2D eigenvalue weighted by Crippen LogP contribution is 2.27. The Balaban J connectivity index is 1.36. The molecule has 2 aliphatic rings. The van der Waals surface area contributed by atoms with Gasteiger partial charge in [0.05, 0.1) is 22.8 Å². The van der Waals surface area contributed by atoms with Crippen LogP contribution in [-0.4, -0.2) is 79.3 Å². The number of halogens is 2. The van der Waals surface area contributed by atoms with Gasteiger partial charge in [-0.1, -0.05) is 28.1 Å². The summed E-state index contributed by atoms with van der Waals surface area (Å²) in [5, 5.41) is 2.91. The maximum Gasteiger partial charge on any atom is 0.243 e. The van der Waals surface area contributed by atoms with Gasteiger partial charge in [0.15, 0.2) is 0 Å². The molecule has 5 rings (SSSR count). The Bertz CT molecular complexity index is 1460. The Morgan fingerprint density at radius 1 is 1.00 bits per heavy atom. The van der Waals surface area contributed by atoms with Gasteiger partial charge in [-0.25, -0.2) is 22.8 Å². The zero-order valence-electron chi connectivity index (χ0n) is 22.3. The first-order valence-corrected chi connectivity index (χ1v) is 15.6. The van der Waals surface area contributed by atoms with Crippen molar-refractivity contribution >= 4 is 37.8 Å². The lowest BCUT2D eigenvalue weighted by molar-refractivity contribution is -0.124. The Labute approximate surface area is 242 Å². The Hall–Kier alpha value is -2.93. The first-order chi connectivity index (χ1) is 19.2. The number of amides is 1. The molecule has 2 saturated heterocycles. The number of aromatic nitrogens is 2. The van der Waals surface area contributed by atoms with E-state index in [1.165, 1.54) is 16.4 Å². The van der Waals surface area contributed by atoms with Crippen LogP contribution in [0.5, 0.6) is 0 Å². The van der Waals surface area contributed by atoms with E-state index in [4.69, 9.17) is 9.97 Å². The fraction of sp³-hybridized carbons (Fsp3) is 0.393. The molecule has 12 heteroatoms. The second-order valence-electron chi connectivity index (χ2n) is 10.1. The fourth-order valence-corrected chi connectivity index (χ4v) is 6.98. The summed E-state index contributed by atoms with van der Waals surface area (Å²) in [6.07, 6.45) is 1.97. The maximum absolute atomic E-state index is 13.4.